The molecular formula is C10H11N3OS. The summed E-state index contributed by atoms with van der Waals surface area (Å²) in [5, 5.41) is 2.66. The van der Waals surface area contributed by atoms with Crippen molar-refractivity contribution in [2.75, 3.05) is 12.5 Å². The molecule has 2 rings (SSSR count). The number of nitrogens with two attached hydrogens (primary N) is 1. The van der Waals surface area contributed by atoms with Gasteiger partial charge in [-0.25, -0.2) is 10.8 Å². The molecule has 0 bridgehead atoms. The number of ether oxygens (including phenoxy) is 1. The average molecular weight is 221 g/mol. The number of hydrogen-bond donors (Lipinski definition) is 2. The Kier molecular flexibility index (Phi) is 2.84. The number of nitrogens with zero attached hydrogens (tertiary/aromatic N) is 1. The van der Waals surface area contributed by atoms with Crippen LogP contribution in [0.4, 0.5) is 5.13 Å². The molecule has 15 heavy (non-hydrogen) atoms. The van der Waals surface area contributed by atoms with Crippen LogP contribution in [0, 0.1) is 0 Å². The summed E-state index contributed by atoms with van der Waals surface area (Å²) in [5.74, 6) is 6.10. The van der Waals surface area contributed by atoms with Crippen molar-refractivity contribution < 1.29 is 4.74 Å². The molecule has 0 fully saturated rings. The lowest BCUT2D eigenvalue weighted by atomic mass is 10.2. The van der Waals surface area contributed by atoms with E-state index in [0.29, 0.717) is 5.13 Å². The van der Waals surface area contributed by atoms with Crippen molar-refractivity contribution in [1.82, 2.24) is 4.98 Å². The first-order chi connectivity index (χ1) is 7.33. The highest BCUT2D eigenvalue weighted by atomic mass is 32.1. The average Bonchev–Trinajstić information content (AvgIpc) is 2.78. The molecule has 1 heterocycles. The van der Waals surface area contributed by atoms with E-state index in [1.54, 1.807) is 7.11 Å². The molecule has 3 N–H and O–H groups in total. The maximum Gasteiger partial charge on any atom is 0.197 e. The number of aromatic nitrogens is 1. The summed E-state index contributed by atoms with van der Waals surface area (Å²) in [6.07, 6.45) is 0. The quantitative estimate of drug-likeness (QED) is 0.615. The first-order valence-corrected chi connectivity index (χ1v) is 5.28. The Hall–Kier alpha value is -1.59. The molecule has 4 nitrogen and oxygen atoms in total. The number of methoxy groups -OCH3 is 1. The van der Waals surface area contributed by atoms with E-state index in [2.05, 4.69) is 10.4 Å². The van der Waals surface area contributed by atoms with E-state index < -0.39 is 0 Å². The minimum Gasteiger partial charge on any atom is -0.497 e. The zero-order chi connectivity index (χ0) is 10.7. The Morgan fingerprint density at radius 2 is 2.07 bits per heavy atom. The van der Waals surface area contributed by atoms with E-state index in [1.807, 2.05) is 29.6 Å². The molecule has 0 saturated heterocycles. The number of benzene rings is 1. The zero-order valence-corrected chi connectivity index (χ0v) is 9.04. The van der Waals surface area contributed by atoms with E-state index >= 15 is 0 Å². The molecule has 0 radical (unpaired) electrons. The maximum absolute atomic E-state index is 5.26. The normalized spacial score (nSPS) is 10.0. The molecule has 78 valence electrons. The SMILES string of the molecule is COc1ccc(-c2csc(NN)n2)cc1. The molecule has 0 spiro atoms. The van der Waals surface area contributed by atoms with Crippen LogP contribution in [0.5, 0.6) is 5.75 Å². The van der Waals surface area contributed by atoms with E-state index in [9.17, 15) is 0 Å². The first-order valence-electron chi connectivity index (χ1n) is 4.40. The number of anilines is 1. The van der Waals surface area contributed by atoms with Crippen molar-refractivity contribution >= 4 is 16.5 Å². The minimum atomic E-state index is 0.709. The number of thiazole rings is 1. The van der Waals surface area contributed by atoms with Crippen LogP contribution in [0.2, 0.25) is 0 Å². The van der Waals surface area contributed by atoms with Gasteiger partial charge in [0.2, 0.25) is 0 Å². The highest BCUT2D eigenvalue weighted by Gasteiger charge is 2.03. The van der Waals surface area contributed by atoms with Crippen molar-refractivity contribution in [2.45, 2.75) is 0 Å². The summed E-state index contributed by atoms with van der Waals surface area (Å²) < 4.78 is 5.08. The molecule has 1 aromatic carbocycles. The van der Waals surface area contributed by atoms with Gasteiger partial charge in [-0.05, 0) is 24.3 Å². The molecule has 1 aromatic heterocycles. The molecule has 2 aromatic rings. The Morgan fingerprint density at radius 1 is 1.33 bits per heavy atom. The van der Waals surface area contributed by atoms with Crippen LogP contribution in [0.1, 0.15) is 0 Å². The van der Waals surface area contributed by atoms with Gasteiger partial charge < -0.3 is 4.74 Å². The second kappa shape index (κ2) is 4.29. The van der Waals surface area contributed by atoms with Crippen LogP contribution in [-0.2, 0) is 0 Å². The highest BCUT2D eigenvalue weighted by molar-refractivity contribution is 7.14. The minimum absolute atomic E-state index is 0.709. The van der Waals surface area contributed by atoms with Crippen LogP contribution >= 0.6 is 11.3 Å². The molecule has 0 amide bonds. The summed E-state index contributed by atoms with van der Waals surface area (Å²) in [6, 6.07) is 7.75. The van der Waals surface area contributed by atoms with Crippen molar-refractivity contribution in [3.05, 3.63) is 29.6 Å². The first kappa shape index (κ1) is 9.95. The fourth-order valence-corrected chi connectivity index (χ4v) is 1.87. The highest BCUT2D eigenvalue weighted by Crippen LogP contribution is 2.25. The van der Waals surface area contributed by atoms with E-state index in [0.717, 1.165) is 17.0 Å². The van der Waals surface area contributed by atoms with Crippen molar-refractivity contribution in [2.24, 2.45) is 5.84 Å². The summed E-state index contributed by atoms with van der Waals surface area (Å²) in [4.78, 5) is 4.30. The van der Waals surface area contributed by atoms with E-state index in [4.69, 9.17) is 10.6 Å². The Bertz CT molecular complexity index is 438. The Morgan fingerprint density at radius 3 is 2.60 bits per heavy atom. The molecule has 0 aliphatic carbocycles. The van der Waals surface area contributed by atoms with Gasteiger partial charge in [0.25, 0.3) is 0 Å². The summed E-state index contributed by atoms with van der Waals surface area (Å²) in [5.41, 5.74) is 4.48. The molecule has 0 aliphatic rings. The fraction of sp³-hybridized carbons (Fsp3) is 0.100. The number of rotatable bonds is 3. The van der Waals surface area contributed by atoms with Gasteiger partial charge >= 0.3 is 0 Å². The van der Waals surface area contributed by atoms with E-state index in [1.165, 1.54) is 11.3 Å². The van der Waals surface area contributed by atoms with Crippen molar-refractivity contribution in [3.63, 3.8) is 0 Å². The topological polar surface area (TPSA) is 60.2 Å². The molecule has 0 saturated carbocycles. The number of hydrazine groups is 1. The third-order valence-electron chi connectivity index (χ3n) is 2.01. The van der Waals surface area contributed by atoms with Crippen LogP contribution in [0.3, 0.4) is 0 Å². The smallest absolute Gasteiger partial charge is 0.197 e. The van der Waals surface area contributed by atoms with Crippen LogP contribution in [-0.4, -0.2) is 12.1 Å². The predicted molar refractivity (Wildman–Crippen MR) is 61.9 cm³/mol. The van der Waals surface area contributed by atoms with Gasteiger partial charge in [-0.1, -0.05) is 0 Å². The van der Waals surface area contributed by atoms with Crippen LogP contribution in [0.15, 0.2) is 29.6 Å². The number of hydrogen-bond acceptors (Lipinski definition) is 5. The zero-order valence-electron chi connectivity index (χ0n) is 8.23. The van der Waals surface area contributed by atoms with Crippen molar-refractivity contribution in [1.29, 1.82) is 0 Å². The lowest BCUT2D eigenvalue weighted by molar-refractivity contribution is 0.415. The molecule has 0 aliphatic heterocycles. The van der Waals surface area contributed by atoms with Gasteiger partial charge in [0.1, 0.15) is 5.75 Å². The largest absolute Gasteiger partial charge is 0.497 e. The second-order valence-corrected chi connectivity index (χ2v) is 3.77. The lowest BCUT2D eigenvalue weighted by Gasteiger charge is -2.00. The number of nitrogens with one attached hydrogen (secondary N) is 1. The fourth-order valence-electron chi connectivity index (χ4n) is 1.23. The van der Waals surface area contributed by atoms with Gasteiger partial charge in [0.15, 0.2) is 5.13 Å². The number of nitrogen functional groups attached to an aromatic ring is 1. The molecule has 0 unspecified atom stereocenters. The van der Waals surface area contributed by atoms with Gasteiger partial charge in [-0.2, -0.15) is 0 Å². The van der Waals surface area contributed by atoms with Gasteiger partial charge in [-0.15, -0.1) is 11.3 Å². The van der Waals surface area contributed by atoms with Gasteiger partial charge in [0.05, 0.1) is 12.8 Å². The Labute approximate surface area is 91.7 Å². The predicted octanol–water partition coefficient (Wildman–Crippen LogP) is 2.10. The van der Waals surface area contributed by atoms with Crippen LogP contribution in [0.25, 0.3) is 11.3 Å². The summed E-state index contributed by atoms with van der Waals surface area (Å²) >= 11 is 1.48. The monoisotopic (exact) mass is 221 g/mol. The summed E-state index contributed by atoms with van der Waals surface area (Å²) in [6.45, 7) is 0. The van der Waals surface area contributed by atoms with Crippen LogP contribution < -0.4 is 16.0 Å². The third-order valence-corrected chi connectivity index (χ3v) is 2.79. The van der Waals surface area contributed by atoms with E-state index in [-0.39, 0.29) is 0 Å². The standard InChI is InChI=1S/C10H11N3OS/c1-14-8-4-2-7(3-5-8)9-6-15-10(12-9)13-11/h2-6H,11H2,1H3,(H,12,13). The third kappa shape index (κ3) is 2.08. The van der Waals surface area contributed by atoms with Gasteiger partial charge in [0, 0.05) is 10.9 Å². The van der Waals surface area contributed by atoms with Gasteiger partial charge in [-0.3, -0.25) is 5.43 Å². The lowest BCUT2D eigenvalue weighted by Crippen LogP contribution is -2.05. The Balaban J connectivity index is 2.28. The molecular weight excluding hydrogens is 210 g/mol. The summed E-state index contributed by atoms with van der Waals surface area (Å²) in [7, 11) is 1.65. The molecule has 5 heteroatoms. The molecule has 0 atom stereocenters. The maximum atomic E-state index is 5.26. The van der Waals surface area contributed by atoms with Crippen molar-refractivity contribution in [3.8, 4) is 17.0 Å². The second-order valence-electron chi connectivity index (χ2n) is 2.91.